The molecule has 0 radical (unpaired) electrons. The van der Waals surface area contributed by atoms with Crippen molar-refractivity contribution in [2.75, 3.05) is 30.3 Å². The largest absolute Gasteiger partial charge is 0.376 e. The Kier molecular flexibility index (Phi) is 7.67. The molecule has 1 aliphatic heterocycles. The summed E-state index contributed by atoms with van der Waals surface area (Å²) >= 11 is 0. The second-order valence-electron chi connectivity index (χ2n) is 9.47. The van der Waals surface area contributed by atoms with Crippen LogP contribution in [0.15, 0.2) is 24.3 Å². The van der Waals surface area contributed by atoms with Crippen LogP contribution in [0.2, 0.25) is 0 Å². The fourth-order valence-corrected chi connectivity index (χ4v) is 6.42. The fourth-order valence-electron chi connectivity index (χ4n) is 5.09. The van der Waals surface area contributed by atoms with Gasteiger partial charge in [0.2, 0.25) is 5.91 Å². The van der Waals surface area contributed by atoms with E-state index in [1.54, 1.807) is 0 Å². The van der Waals surface area contributed by atoms with Gasteiger partial charge >= 0.3 is 0 Å². The summed E-state index contributed by atoms with van der Waals surface area (Å²) in [7, 11) is 1.00. The number of carbonyl (C=O) groups excluding carboxylic acids is 1. The maximum Gasteiger partial charge on any atom is 0.239 e. The predicted octanol–water partition coefficient (Wildman–Crippen LogP) is 3.22. The van der Waals surface area contributed by atoms with Crippen LogP contribution in [0.3, 0.4) is 0 Å². The lowest BCUT2D eigenvalue weighted by Gasteiger charge is -2.38. The van der Waals surface area contributed by atoms with Crippen LogP contribution in [-0.4, -0.2) is 53.1 Å². The molecule has 2 aliphatic carbocycles. The van der Waals surface area contributed by atoms with Gasteiger partial charge in [-0.2, -0.15) is 0 Å². The quantitative estimate of drug-likeness (QED) is 0.664. The van der Waals surface area contributed by atoms with E-state index in [0.29, 0.717) is 18.6 Å². The molecule has 7 heteroatoms. The third kappa shape index (κ3) is 5.32. The predicted molar refractivity (Wildman–Crippen MR) is 125 cm³/mol. The molecule has 1 amide bonds. The molecule has 0 spiro atoms. The van der Waals surface area contributed by atoms with Crippen molar-refractivity contribution in [3.8, 4) is 0 Å². The molecule has 2 N–H and O–H groups in total. The van der Waals surface area contributed by atoms with Crippen molar-refractivity contribution in [1.82, 2.24) is 4.90 Å². The van der Waals surface area contributed by atoms with Gasteiger partial charge in [0.05, 0.1) is 18.3 Å². The van der Waals surface area contributed by atoms with Crippen molar-refractivity contribution < 1.29 is 13.7 Å². The molecule has 0 aromatic heterocycles. The second kappa shape index (κ2) is 10.5. The molecular weight excluding hydrogens is 410 g/mol. The highest BCUT2D eigenvalue weighted by Crippen LogP contribution is 2.33. The van der Waals surface area contributed by atoms with E-state index < -0.39 is 11.0 Å². The van der Waals surface area contributed by atoms with Gasteiger partial charge in [-0.15, -0.1) is 0 Å². The number of para-hydroxylation sites is 1. The Morgan fingerprint density at radius 2 is 1.94 bits per heavy atom. The first-order chi connectivity index (χ1) is 15.0. The van der Waals surface area contributed by atoms with Gasteiger partial charge in [-0.1, -0.05) is 18.2 Å². The van der Waals surface area contributed by atoms with Crippen molar-refractivity contribution in [3.05, 3.63) is 29.8 Å². The van der Waals surface area contributed by atoms with Crippen LogP contribution in [0.1, 0.15) is 56.9 Å². The molecule has 1 aromatic rings. The molecule has 1 unspecified atom stereocenters. The molecule has 1 saturated heterocycles. The molecule has 2 atom stereocenters. The normalized spacial score (nSPS) is 27.7. The monoisotopic (exact) mass is 447 g/mol. The summed E-state index contributed by atoms with van der Waals surface area (Å²) in [5.41, 5.74) is 8.52. The van der Waals surface area contributed by atoms with Gasteiger partial charge in [0.15, 0.2) is 0 Å². The highest BCUT2D eigenvalue weighted by atomic mass is 32.2. The van der Waals surface area contributed by atoms with Gasteiger partial charge in [-0.05, 0) is 69.3 Å². The average Bonchev–Trinajstić information content (AvgIpc) is 3.18. The minimum atomic E-state index is -0.913. The molecule has 0 bridgehead atoms. The summed E-state index contributed by atoms with van der Waals surface area (Å²) in [5, 5.41) is 0. The van der Waals surface area contributed by atoms with Crippen molar-refractivity contribution in [2.45, 2.75) is 70.1 Å². The topological polar surface area (TPSA) is 75.9 Å². The van der Waals surface area contributed by atoms with Gasteiger partial charge in [0.25, 0.3) is 0 Å². The molecule has 3 aliphatic rings. The van der Waals surface area contributed by atoms with Crippen molar-refractivity contribution in [1.29, 1.82) is 0 Å². The number of rotatable bonds is 8. The van der Waals surface area contributed by atoms with E-state index in [-0.39, 0.29) is 17.9 Å². The highest BCUT2D eigenvalue weighted by Gasteiger charge is 2.34. The molecular formula is C24H37N3O3S. The molecule has 1 aromatic carbocycles. The molecule has 31 heavy (non-hydrogen) atoms. The third-order valence-electron chi connectivity index (χ3n) is 7.45. The van der Waals surface area contributed by atoms with Gasteiger partial charge in [0, 0.05) is 37.6 Å². The van der Waals surface area contributed by atoms with Crippen LogP contribution in [0.5, 0.6) is 0 Å². The molecule has 172 valence electrons. The lowest BCUT2D eigenvalue weighted by molar-refractivity contribution is -0.136. The first kappa shape index (κ1) is 22.7. The van der Waals surface area contributed by atoms with Crippen LogP contribution >= 0.6 is 0 Å². The molecule has 4 rings (SSSR count). The summed E-state index contributed by atoms with van der Waals surface area (Å²) in [6.07, 6.45) is 8.58. The zero-order valence-corrected chi connectivity index (χ0v) is 19.5. The van der Waals surface area contributed by atoms with E-state index in [4.69, 9.17) is 10.5 Å². The van der Waals surface area contributed by atoms with E-state index in [0.717, 1.165) is 75.1 Å². The first-order valence-electron chi connectivity index (χ1n) is 11.9. The maximum atomic E-state index is 12.7. The number of anilines is 1. The van der Waals surface area contributed by atoms with E-state index >= 15 is 0 Å². The van der Waals surface area contributed by atoms with Crippen LogP contribution in [0.4, 0.5) is 5.69 Å². The number of amides is 1. The number of ether oxygens (including phenoxy) is 1. The lowest BCUT2D eigenvalue weighted by atomic mass is 9.78. The summed E-state index contributed by atoms with van der Waals surface area (Å²) in [6, 6.07) is 8.19. The Balaban J connectivity index is 1.21. The Labute approximate surface area is 189 Å². The van der Waals surface area contributed by atoms with Crippen LogP contribution in [0.25, 0.3) is 0 Å². The summed E-state index contributed by atoms with van der Waals surface area (Å²) in [6.45, 7) is 2.13. The highest BCUT2D eigenvalue weighted by molar-refractivity contribution is 7.86. The number of nitrogens with two attached hydrogens (primary N) is 1. The minimum absolute atomic E-state index is 0.125. The van der Waals surface area contributed by atoms with Gasteiger partial charge in [0.1, 0.15) is 11.0 Å². The summed E-state index contributed by atoms with van der Waals surface area (Å²) in [5.74, 6) is 1.69. The number of benzene rings is 1. The molecule has 6 nitrogen and oxygen atoms in total. The smallest absolute Gasteiger partial charge is 0.239 e. The number of hydrogen-bond acceptors (Lipinski definition) is 4. The van der Waals surface area contributed by atoms with E-state index in [9.17, 15) is 9.00 Å². The molecule has 2 saturated carbocycles. The average molecular weight is 448 g/mol. The van der Waals surface area contributed by atoms with E-state index in [1.165, 1.54) is 6.42 Å². The molecule has 3 fully saturated rings. The van der Waals surface area contributed by atoms with Crippen molar-refractivity contribution in [3.63, 3.8) is 0 Å². The Morgan fingerprint density at radius 1 is 1.19 bits per heavy atom. The summed E-state index contributed by atoms with van der Waals surface area (Å²) in [4.78, 5) is 14.6. The van der Waals surface area contributed by atoms with Gasteiger partial charge in [-0.3, -0.25) is 9.10 Å². The van der Waals surface area contributed by atoms with E-state index in [1.807, 2.05) is 34.5 Å². The maximum absolute atomic E-state index is 12.7. The lowest BCUT2D eigenvalue weighted by Crippen LogP contribution is -2.52. The second-order valence-corrected chi connectivity index (χ2v) is 11.0. The summed E-state index contributed by atoms with van der Waals surface area (Å²) < 4.78 is 20.3. The SMILES string of the molecule is CN(C(=O)[C@@H](N)C1CCC(COCc2ccccc2N2CCCS2=O)CC1)C1CCC1. The Bertz CT molecular complexity index is 777. The zero-order valence-electron chi connectivity index (χ0n) is 18.7. The minimum Gasteiger partial charge on any atom is -0.376 e. The van der Waals surface area contributed by atoms with Crippen LogP contribution in [-0.2, 0) is 27.1 Å². The number of likely N-dealkylation sites (N-methyl/N-ethyl adjacent to an activating group) is 1. The van der Waals surface area contributed by atoms with Crippen molar-refractivity contribution >= 4 is 22.6 Å². The first-order valence-corrected chi connectivity index (χ1v) is 13.2. The third-order valence-corrected chi connectivity index (χ3v) is 8.96. The zero-order chi connectivity index (χ0) is 21.8. The Hall–Kier alpha value is -1.44. The number of hydrogen-bond donors (Lipinski definition) is 1. The molecule has 1 heterocycles. The number of nitrogens with zero attached hydrogens (tertiary/aromatic N) is 2. The fraction of sp³-hybridized carbons (Fsp3) is 0.708. The Morgan fingerprint density at radius 3 is 2.58 bits per heavy atom. The number of carbonyl (C=O) groups is 1. The van der Waals surface area contributed by atoms with Gasteiger partial charge < -0.3 is 15.4 Å². The van der Waals surface area contributed by atoms with E-state index in [2.05, 4.69) is 6.07 Å². The van der Waals surface area contributed by atoms with Gasteiger partial charge in [-0.25, -0.2) is 4.21 Å². The van der Waals surface area contributed by atoms with Crippen LogP contribution < -0.4 is 10.0 Å². The van der Waals surface area contributed by atoms with Crippen molar-refractivity contribution in [2.24, 2.45) is 17.6 Å². The standard InChI is InChI=1S/C24H37N3O3S/c1-26(21-7-4-8-21)24(28)23(25)19-12-10-18(11-13-19)16-30-17-20-6-2-3-9-22(20)27-14-5-15-31(27)29/h2-3,6,9,18-19,21,23H,4-5,7-8,10-17,25H2,1H3/t18?,19?,23-,31?/m0/s1. The van der Waals surface area contributed by atoms with Crippen LogP contribution in [0, 0.1) is 11.8 Å².